The van der Waals surface area contributed by atoms with E-state index in [0.29, 0.717) is 5.92 Å². The van der Waals surface area contributed by atoms with Gasteiger partial charge in [0.1, 0.15) is 5.69 Å². The molecule has 0 amide bonds. The number of hydrogen-bond acceptors (Lipinski definition) is 6. The maximum atomic E-state index is 11.1. The Morgan fingerprint density at radius 2 is 1.96 bits per heavy atom. The van der Waals surface area contributed by atoms with E-state index in [-0.39, 0.29) is 22.5 Å². The van der Waals surface area contributed by atoms with Gasteiger partial charge in [0, 0.05) is 17.2 Å². The minimum atomic E-state index is -0.658. The molecule has 0 spiro atoms. The van der Waals surface area contributed by atoms with Gasteiger partial charge in [-0.1, -0.05) is 27.2 Å². The number of nitrogens with one attached hydrogen (secondary N) is 1. The highest BCUT2D eigenvalue weighted by atomic mass is 16.6. The Balaban J connectivity index is 2.34. The van der Waals surface area contributed by atoms with Crippen LogP contribution < -0.4 is 5.43 Å². The number of hydrogen-bond donors (Lipinski definition) is 1. The molecule has 0 aliphatic heterocycles. The first-order valence-electron chi connectivity index (χ1n) is 7.49. The second-order valence-electron chi connectivity index (χ2n) is 6.50. The monoisotopic (exact) mass is 320 g/mol. The van der Waals surface area contributed by atoms with Crippen LogP contribution in [0.1, 0.15) is 40.0 Å². The summed E-state index contributed by atoms with van der Waals surface area (Å²) in [5, 5.41) is 26.3. The molecule has 1 unspecified atom stereocenters. The minimum Gasteiger partial charge on any atom is -0.272 e. The van der Waals surface area contributed by atoms with E-state index in [4.69, 9.17) is 0 Å². The van der Waals surface area contributed by atoms with Crippen molar-refractivity contribution < 1.29 is 9.85 Å². The fourth-order valence-electron chi connectivity index (χ4n) is 3.04. The van der Waals surface area contributed by atoms with Gasteiger partial charge in [-0.2, -0.15) is 5.10 Å². The summed E-state index contributed by atoms with van der Waals surface area (Å²) in [6.45, 7) is 6.30. The van der Waals surface area contributed by atoms with Crippen molar-refractivity contribution in [3.63, 3.8) is 0 Å². The third-order valence-electron chi connectivity index (χ3n) is 4.28. The van der Waals surface area contributed by atoms with Gasteiger partial charge in [-0.05, 0) is 24.8 Å². The van der Waals surface area contributed by atoms with Crippen LogP contribution in [0.15, 0.2) is 23.3 Å². The Morgan fingerprint density at radius 3 is 2.52 bits per heavy atom. The molecule has 0 saturated heterocycles. The van der Waals surface area contributed by atoms with Crippen molar-refractivity contribution in [3.8, 4) is 0 Å². The number of benzene rings is 1. The minimum absolute atomic E-state index is 0.0692. The number of non-ortho nitro benzene ring substituents is 1. The van der Waals surface area contributed by atoms with Gasteiger partial charge >= 0.3 is 5.69 Å². The second kappa shape index (κ2) is 6.31. The summed E-state index contributed by atoms with van der Waals surface area (Å²) in [4.78, 5) is 20.6. The lowest BCUT2D eigenvalue weighted by Crippen LogP contribution is -2.34. The first-order valence-corrected chi connectivity index (χ1v) is 7.49. The number of nitro groups is 2. The highest BCUT2D eigenvalue weighted by Gasteiger charge is 2.33. The van der Waals surface area contributed by atoms with E-state index >= 15 is 0 Å². The molecule has 8 nitrogen and oxygen atoms in total. The fraction of sp³-hybridized carbons (Fsp3) is 0.533. The maximum Gasteiger partial charge on any atom is 0.301 e. The van der Waals surface area contributed by atoms with E-state index in [1.54, 1.807) is 0 Å². The van der Waals surface area contributed by atoms with E-state index in [1.807, 2.05) is 0 Å². The molecule has 1 aliphatic carbocycles. The summed E-state index contributed by atoms with van der Waals surface area (Å²) in [6, 6.07) is 3.49. The van der Waals surface area contributed by atoms with Crippen molar-refractivity contribution in [2.75, 3.05) is 5.43 Å². The summed E-state index contributed by atoms with van der Waals surface area (Å²) in [7, 11) is 0. The van der Waals surface area contributed by atoms with Crippen LogP contribution in [-0.2, 0) is 0 Å². The summed E-state index contributed by atoms with van der Waals surface area (Å²) in [5.74, 6) is 0.295. The van der Waals surface area contributed by atoms with Gasteiger partial charge in [0.15, 0.2) is 0 Å². The van der Waals surface area contributed by atoms with Gasteiger partial charge in [-0.3, -0.25) is 25.7 Å². The molecule has 8 heteroatoms. The van der Waals surface area contributed by atoms with E-state index in [0.717, 1.165) is 31.0 Å². The van der Waals surface area contributed by atoms with Crippen LogP contribution in [0.2, 0.25) is 0 Å². The molecule has 0 heterocycles. The van der Waals surface area contributed by atoms with Crippen molar-refractivity contribution in [2.45, 2.75) is 40.0 Å². The summed E-state index contributed by atoms with van der Waals surface area (Å²) >= 11 is 0. The number of hydrazone groups is 1. The van der Waals surface area contributed by atoms with E-state index in [2.05, 4.69) is 31.3 Å². The molecule has 1 aromatic carbocycles. The predicted octanol–water partition coefficient (Wildman–Crippen LogP) is 4.12. The van der Waals surface area contributed by atoms with E-state index in [9.17, 15) is 20.2 Å². The maximum absolute atomic E-state index is 11.1. The highest BCUT2D eigenvalue weighted by Crippen LogP contribution is 2.37. The Morgan fingerprint density at radius 1 is 1.26 bits per heavy atom. The molecule has 1 atom stereocenters. The molecule has 124 valence electrons. The molecular formula is C15H20N4O4. The zero-order valence-electron chi connectivity index (χ0n) is 13.4. The number of anilines is 1. The van der Waals surface area contributed by atoms with Crippen LogP contribution in [0.4, 0.5) is 17.1 Å². The van der Waals surface area contributed by atoms with Crippen molar-refractivity contribution in [1.82, 2.24) is 0 Å². The van der Waals surface area contributed by atoms with Crippen LogP contribution in [0, 0.1) is 31.6 Å². The first kappa shape index (κ1) is 16.9. The predicted molar refractivity (Wildman–Crippen MR) is 87.6 cm³/mol. The third-order valence-corrected chi connectivity index (χ3v) is 4.28. The molecule has 0 bridgehead atoms. The van der Waals surface area contributed by atoms with Crippen LogP contribution in [-0.4, -0.2) is 15.6 Å². The standard InChI is InChI=1S/C15H20N4O4/c1-10-5-4-8-15(2,3)14(10)17-16-12-7-6-11(18(20)21)9-13(12)19(22)23/h6-7,9-10,16H,4-5,8H2,1-3H3/b17-14-. The average molecular weight is 320 g/mol. The molecule has 23 heavy (non-hydrogen) atoms. The molecule has 2 rings (SSSR count). The Bertz CT molecular complexity index is 669. The van der Waals surface area contributed by atoms with Crippen molar-refractivity contribution in [3.05, 3.63) is 38.4 Å². The third kappa shape index (κ3) is 3.64. The molecule has 1 aliphatic rings. The zero-order valence-corrected chi connectivity index (χ0v) is 13.4. The van der Waals surface area contributed by atoms with Crippen molar-refractivity contribution in [2.24, 2.45) is 16.4 Å². The Hall–Kier alpha value is -2.51. The average Bonchev–Trinajstić information content (AvgIpc) is 2.45. The van der Waals surface area contributed by atoms with Gasteiger partial charge < -0.3 is 0 Å². The smallest absolute Gasteiger partial charge is 0.272 e. The highest BCUT2D eigenvalue weighted by molar-refractivity contribution is 5.92. The quantitative estimate of drug-likeness (QED) is 0.662. The largest absolute Gasteiger partial charge is 0.301 e. The zero-order chi connectivity index (χ0) is 17.2. The summed E-state index contributed by atoms with van der Waals surface area (Å²) < 4.78 is 0. The number of rotatable bonds is 4. The van der Waals surface area contributed by atoms with Gasteiger partial charge in [0.05, 0.1) is 15.9 Å². The second-order valence-corrected chi connectivity index (χ2v) is 6.50. The molecule has 1 saturated carbocycles. The molecular weight excluding hydrogens is 300 g/mol. The van der Waals surface area contributed by atoms with Gasteiger partial charge in [0.2, 0.25) is 0 Å². The topological polar surface area (TPSA) is 111 Å². The number of nitro benzene ring substituents is 2. The Labute approximate surface area is 133 Å². The molecule has 1 fully saturated rings. The SMILES string of the molecule is CC1CCCC(C)(C)/C1=N\Nc1ccc([N+](=O)[O-])cc1[N+](=O)[O-]. The van der Waals surface area contributed by atoms with Crippen LogP contribution in [0.25, 0.3) is 0 Å². The van der Waals surface area contributed by atoms with Crippen molar-refractivity contribution in [1.29, 1.82) is 0 Å². The summed E-state index contributed by atoms with van der Waals surface area (Å²) in [6.07, 6.45) is 3.18. The van der Waals surface area contributed by atoms with Gasteiger partial charge in [0.25, 0.3) is 5.69 Å². The normalized spacial score (nSPS) is 21.9. The summed E-state index contributed by atoms with van der Waals surface area (Å²) in [5.41, 5.74) is 3.12. The van der Waals surface area contributed by atoms with E-state index in [1.165, 1.54) is 12.1 Å². The molecule has 1 N–H and O–H groups in total. The van der Waals surface area contributed by atoms with Gasteiger partial charge in [-0.25, -0.2) is 0 Å². The lowest BCUT2D eigenvalue weighted by atomic mass is 9.71. The fourth-order valence-corrected chi connectivity index (χ4v) is 3.04. The number of nitrogens with zero attached hydrogens (tertiary/aromatic N) is 3. The van der Waals surface area contributed by atoms with Crippen LogP contribution in [0.5, 0.6) is 0 Å². The lowest BCUT2D eigenvalue weighted by molar-refractivity contribution is -0.393. The molecule has 0 radical (unpaired) electrons. The molecule has 0 aromatic heterocycles. The lowest BCUT2D eigenvalue weighted by Gasteiger charge is -2.35. The van der Waals surface area contributed by atoms with Crippen LogP contribution in [0.3, 0.4) is 0 Å². The van der Waals surface area contributed by atoms with Gasteiger partial charge in [-0.15, -0.1) is 0 Å². The first-order chi connectivity index (χ1) is 10.7. The van der Waals surface area contributed by atoms with Crippen molar-refractivity contribution >= 4 is 22.8 Å². The Kier molecular flexibility index (Phi) is 4.63. The van der Waals surface area contributed by atoms with E-state index < -0.39 is 9.85 Å². The molecule has 1 aromatic rings. The van der Waals surface area contributed by atoms with Crippen LogP contribution >= 0.6 is 0 Å².